The van der Waals surface area contributed by atoms with E-state index in [1.54, 1.807) is 4.90 Å². The zero-order valence-corrected chi connectivity index (χ0v) is 22.2. The Balaban J connectivity index is 1.54. The number of rotatable bonds is 9. The van der Waals surface area contributed by atoms with Gasteiger partial charge in [-0.2, -0.15) is 0 Å². The molecular weight excluding hydrogens is 456 g/mol. The van der Waals surface area contributed by atoms with Crippen LogP contribution in [0.2, 0.25) is 0 Å². The monoisotopic (exact) mass is 498 g/mol. The lowest BCUT2D eigenvalue weighted by atomic mass is 9.96. The van der Waals surface area contributed by atoms with E-state index in [0.717, 1.165) is 57.7 Å². The van der Waals surface area contributed by atoms with Crippen LogP contribution in [0.15, 0.2) is 24.3 Å². The number of amides is 2. The van der Waals surface area contributed by atoms with Gasteiger partial charge in [-0.05, 0) is 31.0 Å². The molecule has 198 valence electrons. The summed E-state index contributed by atoms with van der Waals surface area (Å²) in [6.07, 6.45) is 2.40. The van der Waals surface area contributed by atoms with Gasteiger partial charge in [0, 0.05) is 44.3 Å². The van der Waals surface area contributed by atoms with Crippen LogP contribution in [-0.4, -0.2) is 91.5 Å². The molecule has 0 aromatic heterocycles. The summed E-state index contributed by atoms with van der Waals surface area (Å²) >= 11 is 0. The molecule has 3 fully saturated rings. The van der Waals surface area contributed by atoms with Crippen LogP contribution in [0.25, 0.3) is 0 Å². The second-order valence-corrected chi connectivity index (χ2v) is 10.5. The van der Waals surface area contributed by atoms with Gasteiger partial charge in [-0.25, -0.2) is 0 Å². The molecule has 3 aliphatic heterocycles. The molecule has 2 amide bonds. The molecule has 8 nitrogen and oxygen atoms in total. The first-order valence-electron chi connectivity index (χ1n) is 13.7. The molecule has 0 aliphatic carbocycles. The zero-order chi connectivity index (χ0) is 25.8. The molecule has 36 heavy (non-hydrogen) atoms. The first-order valence-corrected chi connectivity index (χ1v) is 13.7. The summed E-state index contributed by atoms with van der Waals surface area (Å²) in [5, 5.41) is 3.08. The molecule has 3 aliphatic rings. The molecule has 1 aromatic carbocycles. The number of anilines is 1. The number of benzene rings is 1. The third-order valence-electron chi connectivity index (χ3n) is 8.31. The summed E-state index contributed by atoms with van der Waals surface area (Å²) in [4.78, 5) is 46.6. The van der Waals surface area contributed by atoms with Crippen molar-refractivity contribution in [1.29, 1.82) is 0 Å². The predicted octanol–water partition coefficient (Wildman–Crippen LogP) is 2.57. The molecule has 5 atom stereocenters. The second kappa shape index (κ2) is 11.7. The predicted molar refractivity (Wildman–Crippen MR) is 140 cm³/mol. The van der Waals surface area contributed by atoms with E-state index >= 15 is 0 Å². The Hall–Kier alpha value is -2.45. The number of ether oxygens (including phenoxy) is 1. The van der Waals surface area contributed by atoms with Crippen molar-refractivity contribution in [2.75, 3.05) is 50.8 Å². The largest absolute Gasteiger partial charge is 0.368 e. The van der Waals surface area contributed by atoms with Crippen molar-refractivity contribution < 1.29 is 19.1 Å². The van der Waals surface area contributed by atoms with Crippen LogP contribution in [0.5, 0.6) is 0 Å². The normalized spacial score (nSPS) is 26.1. The number of nitrogens with zero attached hydrogens (tertiary/aromatic N) is 3. The highest BCUT2D eigenvalue weighted by molar-refractivity contribution is 6.02. The summed E-state index contributed by atoms with van der Waals surface area (Å²) in [6, 6.07) is 6.44. The number of hydrogen-bond donors (Lipinski definition) is 1. The molecule has 3 saturated heterocycles. The van der Waals surface area contributed by atoms with Crippen molar-refractivity contribution in [3.63, 3.8) is 0 Å². The van der Waals surface area contributed by atoms with Gasteiger partial charge in [-0.15, -0.1) is 0 Å². The number of fused-ring (bicyclic) bond motifs is 1. The molecule has 4 rings (SSSR count). The minimum Gasteiger partial charge on any atom is -0.368 e. The Morgan fingerprint density at radius 2 is 1.83 bits per heavy atom. The Kier molecular flexibility index (Phi) is 8.67. The van der Waals surface area contributed by atoms with Crippen LogP contribution in [-0.2, 0) is 14.3 Å². The smallest absolute Gasteiger partial charge is 0.254 e. The van der Waals surface area contributed by atoms with E-state index < -0.39 is 12.1 Å². The van der Waals surface area contributed by atoms with E-state index in [9.17, 15) is 14.4 Å². The number of hydrogen-bond acceptors (Lipinski definition) is 6. The fourth-order valence-corrected chi connectivity index (χ4v) is 5.93. The average Bonchev–Trinajstić information content (AvgIpc) is 3.47. The van der Waals surface area contributed by atoms with Crippen molar-refractivity contribution in [1.82, 2.24) is 15.1 Å². The summed E-state index contributed by atoms with van der Waals surface area (Å²) in [5.41, 5.74) is 1.50. The minimum atomic E-state index is -0.693. The summed E-state index contributed by atoms with van der Waals surface area (Å²) in [5.74, 6) is -0.344. The molecule has 3 heterocycles. The lowest BCUT2D eigenvalue weighted by molar-refractivity contribution is -0.139. The summed E-state index contributed by atoms with van der Waals surface area (Å²) in [7, 11) is 0. The van der Waals surface area contributed by atoms with Crippen LogP contribution in [0.4, 0.5) is 5.69 Å². The number of likely N-dealkylation sites (N-methyl/N-ethyl adjacent to an activating group) is 1. The molecule has 0 spiro atoms. The van der Waals surface area contributed by atoms with Gasteiger partial charge in [0.1, 0.15) is 18.7 Å². The van der Waals surface area contributed by atoms with Gasteiger partial charge >= 0.3 is 0 Å². The quantitative estimate of drug-likeness (QED) is 0.564. The van der Waals surface area contributed by atoms with E-state index in [1.165, 1.54) is 0 Å². The van der Waals surface area contributed by atoms with E-state index in [2.05, 4.69) is 29.0 Å². The van der Waals surface area contributed by atoms with Crippen molar-refractivity contribution in [3.05, 3.63) is 29.8 Å². The number of likely N-dealkylation sites (tertiary alicyclic amines) is 1. The maximum Gasteiger partial charge on any atom is 0.254 e. The highest BCUT2D eigenvalue weighted by Gasteiger charge is 2.53. The van der Waals surface area contributed by atoms with E-state index in [4.69, 9.17) is 4.74 Å². The summed E-state index contributed by atoms with van der Waals surface area (Å²) < 4.78 is 5.81. The SMILES string of the molecule is CCC[C@H]1CN(C(=O)[C@@H](NC(=O)c2ccccc2N2CCN(CC)CC2)[C@@H](C)CC)[C@@H]2C(=O)CO[C@H]12. The van der Waals surface area contributed by atoms with Gasteiger partial charge < -0.3 is 24.8 Å². The highest BCUT2D eigenvalue weighted by atomic mass is 16.5. The maximum atomic E-state index is 13.9. The maximum absolute atomic E-state index is 13.9. The van der Waals surface area contributed by atoms with Crippen molar-refractivity contribution in [3.8, 4) is 0 Å². The van der Waals surface area contributed by atoms with Gasteiger partial charge in [0.2, 0.25) is 5.91 Å². The number of nitrogens with one attached hydrogen (secondary N) is 1. The lowest BCUT2D eigenvalue weighted by Crippen LogP contribution is -2.54. The number of para-hydroxylation sites is 1. The van der Waals surface area contributed by atoms with Crippen LogP contribution >= 0.6 is 0 Å². The van der Waals surface area contributed by atoms with Gasteiger partial charge in [0.25, 0.3) is 5.91 Å². The van der Waals surface area contributed by atoms with E-state index in [0.29, 0.717) is 12.1 Å². The highest BCUT2D eigenvalue weighted by Crippen LogP contribution is 2.35. The Morgan fingerprint density at radius 1 is 1.11 bits per heavy atom. The van der Waals surface area contributed by atoms with Gasteiger partial charge in [0.05, 0.1) is 11.7 Å². The third kappa shape index (κ3) is 5.30. The molecule has 0 saturated carbocycles. The van der Waals surface area contributed by atoms with Crippen molar-refractivity contribution in [2.45, 2.75) is 65.1 Å². The minimum absolute atomic E-state index is 0.0299. The van der Waals surface area contributed by atoms with Gasteiger partial charge in [0.15, 0.2) is 5.78 Å². The van der Waals surface area contributed by atoms with Crippen molar-refractivity contribution >= 4 is 23.3 Å². The van der Waals surface area contributed by atoms with Crippen LogP contribution in [0, 0.1) is 11.8 Å². The second-order valence-electron chi connectivity index (χ2n) is 10.5. The number of ketones is 1. The summed E-state index contributed by atoms with van der Waals surface area (Å²) in [6.45, 7) is 13.6. The third-order valence-corrected chi connectivity index (χ3v) is 8.31. The lowest BCUT2D eigenvalue weighted by Gasteiger charge is -2.36. The molecule has 1 N–H and O–H groups in total. The van der Waals surface area contributed by atoms with Gasteiger partial charge in [-0.3, -0.25) is 14.4 Å². The van der Waals surface area contributed by atoms with Crippen LogP contribution in [0.1, 0.15) is 57.3 Å². The average molecular weight is 499 g/mol. The molecule has 0 bridgehead atoms. The first-order chi connectivity index (χ1) is 17.4. The fourth-order valence-electron chi connectivity index (χ4n) is 5.93. The van der Waals surface area contributed by atoms with E-state index in [-0.39, 0.29) is 42.1 Å². The first kappa shape index (κ1) is 26.6. The van der Waals surface area contributed by atoms with Crippen LogP contribution in [0.3, 0.4) is 0 Å². The molecule has 0 radical (unpaired) electrons. The number of Topliss-reactive ketones (excluding diaryl/α,β-unsaturated/α-hetero) is 1. The van der Waals surface area contributed by atoms with E-state index in [1.807, 2.05) is 38.1 Å². The fraction of sp³-hybridized carbons (Fsp3) is 0.679. The standard InChI is InChI=1S/C28H42N4O4/c1-5-10-20-17-32(25-23(33)18-36-26(20)25)28(35)24(19(4)6-2)29-27(34)21-11-8-9-12-22(21)31-15-13-30(7-3)14-16-31/h8-9,11-12,19-20,24-26H,5-7,10,13-18H2,1-4H3,(H,29,34)/t19-,20-,24-,25+,26+/m0/s1. The van der Waals surface area contributed by atoms with Crippen molar-refractivity contribution in [2.24, 2.45) is 11.8 Å². The topological polar surface area (TPSA) is 82.2 Å². The van der Waals surface area contributed by atoms with Gasteiger partial charge in [-0.1, -0.05) is 52.7 Å². The van der Waals surface area contributed by atoms with Crippen LogP contribution < -0.4 is 10.2 Å². The number of piperazine rings is 1. The number of carbonyl (C=O) groups is 3. The Morgan fingerprint density at radius 3 is 2.50 bits per heavy atom. The zero-order valence-electron chi connectivity index (χ0n) is 22.2. The molecular formula is C28H42N4O4. The molecule has 8 heteroatoms. The number of carbonyl (C=O) groups excluding carboxylic acids is 3. The molecule has 0 unspecified atom stereocenters. The Bertz CT molecular complexity index is 945. The Labute approximate surface area is 215 Å². The molecule has 1 aromatic rings.